The van der Waals surface area contributed by atoms with Gasteiger partial charge in [-0.15, -0.1) is 0 Å². The van der Waals surface area contributed by atoms with Gasteiger partial charge in [-0.05, 0) is 18.2 Å². The highest BCUT2D eigenvalue weighted by Crippen LogP contribution is 2.28. The number of hydrogen-bond donors (Lipinski definition) is 2. The number of rotatable bonds is 6. The van der Waals surface area contributed by atoms with E-state index in [2.05, 4.69) is 26.2 Å². The molecule has 0 saturated carbocycles. The molecule has 0 unspecified atom stereocenters. The van der Waals surface area contributed by atoms with Gasteiger partial charge in [-0.25, -0.2) is 4.98 Å². The number of fused-ring (bicyclic) bond motifs is 1. The second-order valence-corrected chi connectivity index (χ2v) is 5.52. The minimum Gasteiger partial charge on any atom is -0.370 e. The van der Waals surface area contributed by atoms with Gasteiger partial charge in [0.1, 0.15) is 6.61 Å². The van der Waals surface area contributed by atoms with Crippen LogP contribution in [0, 0.1) is 0 Å². The molecule has 2 aromatic rings. The first-order valence-corrected chi connectivity index (χ1v) is 6.92. The highest BCUT2D eigenvalue weighted by Gasteiger charge is 2.03. The maximum atomic E-state index is 10.4. The summed E-state index contributed by atoms with van der Waals surface area (Å²) < 4.78 is 7.20. The number of primary amides is 1. The van der Waals surface area contributed by atoms with Crippen molar-refractivity contribution in [2.75, 3.05) is 25.1 Å². The molecule has 1 heterocycles. The first kappa shape index (κ1) is 13.3. The molecule has 18 heavy (non-hydrogen) atoms. The number of ether oxygens (including phenoxy) is 1. The molecule has 0 bridgehead atoms. The van der Waals surface area contributed by atoms with E-state index in [1.165, 1.54) is 0 Å². The Kier molecular flexibility index (Phi) is 4.51. The highest BCUT2D eigenvalue weighted by atomic mass is 79.9. The van der Waals surface area contributed by atoms with Gasteiger partial charge < -0.3 is 15.8 Å². The number of halogens is 1. The van der Waals surface area contributed by atoms with Gasteiger partial charge in [-0.3, -0.25) is 4.79 Å². The summed E-state index contributed by atoms with van der Waals surface area (Å²) in [6.45, 7) is 0.964. The topological polar surface area (TPSA) is 77.2 Å². The molecule has 1 aromatic heterocycles. The zero-order valence-electron chi connectivity index (χ0n) is 9.48. The van der Waals surface area contributed by atoms with Crippen molar-refractivity contribution in [3.63, 3.8) is 0 Å². The molecular weight excluding hydrogens is 318 g/mol. The Morgan fingerprint density at radius 1 is 1.56 bits per heavy atom. The summed E-state index contributed by atoms with van der Waals surface area (Å²) in [4.78, 5) is 14.9. The molecule has 1 aromatic carbocycles. The minimum atomic E-state index is -0.458. The van der Waals surface area contributed by atoms with Crippen molar-refractivity contribution >= 4 is 48.5 Å². The van der Waals surface area contributed by atoms with Gasteiger partial charge in [-0.2, -0.15) is 0 Å². The van der Waals surface area contributed by atoms with E-state index in [0.717, 1.165) is 19.8 Å². The van der Waals surface area contributed by atoms with E-state index in [4.69, 9.17) is 10.5 Å². The monoisotopic (exact) mass is 329 g/mol. The van der Waals surface area contributed by atoms with Crippen molar-refractivity contribution in [3.05, 3.63) is 22.7 Å². The van der Waals surface area contributed by atoms with Crippen LogP contribution in [-0.4, -0.2) is 30.6 Å². The van der Waals surface area contributed by atoms with Crippen LogP contribution in [-0.2, 0) is 9.53 Å². The number of carbonyl (C=O) groups excluding carboxylic acids is 1. The SMILES string of the molecule is NC(=O)COCCNc1nc2ccc(Br)cc2s1. The van der Waals surface area contributed by atoms with E-state index in [0.29, 0.717) is 13.2 Å². The van der Waals surface area contributed by atoms with Crippen LogP contribution < -0.4 is 11.1 Å². The van der Waals surface area contributed by atoms with Crippen LogP contribution in [0.5, 0.6) is 0 Å². The summed E-state index contributed by atoms with van der Waals surface area (Å²) in [5.41, 5.74) is 5.91. The Balaban J connectivity index is 1.86. The highest BCUT2D eigenvalue weighted by molar-refractivity contribution is 9.10. The van der Waals surface area contributed by atoms with E-state index < -0.39 is 5.91 Å². The van der Waals surface area contributed by atoms with E-state index >= 15 is 0 Å². The maximum absolute atomic E-state index is 10.4. The second-order valence-electron chi connectivity index (χ2n) is 3.58. The Hall–Kier alpha value is -1.18. The minimum absolute atomic E-state index is 0.0472. The van der Waals surface area contributed by atoms with Crippen molar-refractivity contribution in [1.29, 1.82) is 0 Å². The van der Waals surface area contributed by atoms with Crippen LogP contribution in [0.1, 0.15) is 0 Å². The van der Waals surface area contributed by atoms with Crippen molar-refractivity contribution in [2.24, 2.45) is 5.73 Å². The molecule has 5 nitrogen and oxygen atoms in total. The number of benzene rings is 1. The smallest absolute Gasteiger partial charge is 0.243 e. The van der Waals surface area contributed by atoms with Crippen molar-refractivity contribution < 1.29 is 9.53 Å². The number of nitrogens with two attached hydrogens (primary N) is 1. The van der Waals surface area contributed by atoms with Crippen molar-refractivity contribution in [2.45, 2.75) is 0 Å². The Bertz CT molecular complexity index is 558. The standard InChI is InChI=1S/C11H12BrN3O2S/c12-7-1-2-8-9(5-7)18-11(15-8)14-3-4-17-6-10(13)16/h1-2,5H,3-4,6H2,(H2,13,16)(H,14,15). The summed E-state index contributed by atoms with van der Waals surface area (Å²) >= 11 is 5.00. The fraction of sp³-hybridized carbons (Fsp3) is 0.273. The van der Waals surface area contributed by atoms with Gasteiger partial charge in [0.05, 0.1) is 16.8 Å². The molecular formula is C11H12BrN3O2S. The summed E-state index contributed by atoms with van der Waals surface area (Å²) in [6, 6.07) is 5.95. The third kappa shape index (κ3) is 3.66. The molecule has 0 aliphatic carbocycles. The van der Waals surface area contributed by atoms with E-state index in [9.17, 15) is 4.79 Å². The number of carbonyl (C=O) groups is 1. The largest absolute Gasteiger partial charge is 0.370 e. The predicted octanol–water partition coefficient (Wildman–Crippen LogP) is 1.97. The molecule has 0 spiro atoms. The molecule has 0 radical (unpaired) electrons. The fourth-order valence-corrected chi connectivity index (χ4v) is 2.82. The maximum Gasteiger partial charge on any atom is 0.243 e. The number of hydrogen-bond acceptors (Lipinski definition) is 5. The van der Waals surface area contributed by atoms with Gasteiger partial charge in [0, 0.05) is 11.0 Å². The third-order valence-electron chi connectivity index (χ3n) is 2.12. The molecule has 96 valence electrons. The molecule has 0 aliphatic heterocycles. The third-order valence-corrected chi connectivity index (χ3v) is 3.59. The summed E-state index contributed by atoms with van der Waals surface area (Å²) in [6.07, 6.45) is 0. The van der Waals surface area contributed by atoms with E-state index in [1.54, 1.807) is 11.3 Å². The number of anilines is 1. The van der Waals surface area contributed by atoms with Crippen LogP contribution >= 0.6 is 27.3 Å². The normalized spacial score (nSPS) is 10.7. The summed E-state index contributed by atoms with van der Waals surface area (Å²) in [5, 5.41) is 3.98. The number of nitrogens with zero attached hydrogens (tertiary/aromatic N) is 1. The molecule has 0 aliphatic rings. The quantitative estimate of drug-likeness (QED) is 0.794. The molecule has 0 fully saturated rings. The first-order chi connectivity index (χ1) is 8.65. The first-order valence-electron chi connectivity index (χ1n) is 5.31. The molecule has 2 rings (SSSR count). The number of amides is 1. The molecule has 0 saturated heterocycles. The lowest BCUT2D eigenvalue weighted by atomic mass is 10.3. The Labute approximate surface area is 116 Å². The molecule has 1 amide bonds. The van der Waals surface area contributed by atoms with Crippen LogP contribution in [0.2, 0.25) is 0 Å². The zero-order valence-corrected chi connectivity index (χ0v) is 11.9. The van der Waals surface area contributed by atoms with Crippen LogP contribution in [0.25, 0.3) is 10.2 Å². The van der Waals surface area contributed by atoms with Gasteiger partial charge in [0.2, 0.25) is 5.91 Å². The van der Waals surface area contributed by atoms with Gasteiger partial charge in [-0.1, -0.05) is 27.3 Å². The van der Waals surface area contributed by atoms with Gasteiger partial charge in [0.25, 0.3) is 0 Å². The van der Waals surface area contributed by atoms with Crippen LogP contribution in [0.15, 0.2) is 22.7 Å². The van der Waals surface area contributed by atoms with Gasteiger partial charge in [0.15, 0.2) is 5.13 Å². The van der Waals surface area contributed by atoms with E-state index in [-0.39, 0.29) is 6.61 Å². The predicted molar refractivity (Wildman–Crippen MR) is 75.8 cm³/mol. The number of aromatic nitrogens is 1. The summed E-state index contributed by atoms with van der Waals surface area (Å²) in [5.74, 6) is -0.458. The Morgan fingerprint density at radius 3 is 3.17 bits per heavy atom. The van der Waals surface area contributed by atoms with E-state index in [1.807, 2.05) is 18.2 Å². The van der Waals surface area contributed by atoms with Crippen LogP contribution in [0.3, 0.4) is 0 Å². The lowest BCUT2D eigenvalue weighted by molar-refractivity contribution is -0.122. The molecule has 7 heteroatoms. The number of nitrogens with one attached hydrogen (secondary N) is 1. The zero-order chi connectivity index (χ0) is 13.0. The average molecular weight is 330 g/mol. The van der Waals surface area contributed by atoms with Gasteiger partial charge >= 0.3 is 0 Å². The molecule has 3 N–H and O–H groups in total. The second kappa shape index (κ2) is 6.12. The van der Waals surface area contributed by atoms with Crippen molar-refractivity contribution in [1.82, 2.24) is 4.98 Å². The van der Waals surface area contributed by atoms with Crippen LogP contribution in [0.4, 0.5) is 5.13 Å². The lowest BCUT2D eigenvalue weighted by Gasteiger charge is -2.02. The average Bonchev–Trinajstić information content (AvgIpc) is 2.70. The number of thiazole rings is 1. The summed E-state index contributed by atoms with van der Waals surface area (Å²) in [7, 11) is 0. The fourth-order valence-electron chi connectivity index (χ4n) is 1.38. The van der Waals surface area contributed by atoms with Crippen molar-refractivity contribution in [3.8, 4) is 0 Å². The Morgan fingerprint density at radius 2 is 2.39 bits per heavy atom. The molecule has 0 atom stereocenters. The lowest BCUT2D eigenvalue weighted by Crippen LogP contribution is -2.20.